The minimum atomic E-state index is -0.224. The van der Waals surface area contributed by atoms with Gasteiger partial charge in [0.1, 0.15) is 0 Å². The monoisotopic (exact) mass is 253 g/mol. The number of benzene rings is 1. The van der Waals surface area contributed by atoms with Crippen LogP contribution in [0.4, 0.5) is 0 Å². The van der Waals surface area contributed by atoms with E-state index >= 15 is 0 Å². The van der Waals surface area contributed by atoms with Crippen molar-refractivity contribution >= 4 is 15.9 Å². The van der Waals surface area contributed by atoms with Gasteiger partial charge >= 0.3 is 0 Å². The second kappa shape index (κ2) is 3.35. The van der Waals surface area contributed by atoms with Crippen LogP contribution in [0.2, 0.25) is 0 Å². The molecule has 0 heterocycles. The van der Waals surface area contributed by atoms with Crippen molar-refractivity contribution in [3.63, 3.8) is 0 Å². The number of rotatable bonds is 1. The standard InChI is InChI=1S/C12H16BrN/c1-12(2,14)11-7-9(13)6-8-4-3-5-10(8)11/h6-7H,3-5,14H2,1-2H3. The number of hydrogen-bond acceptors (Lipinski definition) is 1. The molecule has 1 nitrogen and oxygen atoms in total. The van der Waals surface area contributed by atoms with Crippen molar-refractivity contribution in [3.8, 4) is 0 Å². The van der Waals surface area contributed by atoms with Crippen LogP contribution in [0, 0.1) is 0 Å². The Morgan fingerprint density at radius 3 is 2.64 bits per heavy atom. The smallest absolute Gasteiger partial charge is 0.0355 e. The molecule has 1 aliphatic rings. The summed E-state index contributed by atoms with van der Waals surface area (Å²) in [5, 5.41) is 0. The Kier molecular flexibility index (Phi) is 2.44. The van der Waals surface area contributed by atoms with Gasteiger partial charge in [0, 0.05) is 10.0 Å². The summed E-state index contributed by atoms with van der Waals surface area (Å²) in [7, 11) is 0. The molecular weight excluding hydrogens is 238 g/mol. The predicted octanol–water partition coefficient (Wildman–Crippen LogP) is 3.13. The third-order valence-electron chi connectivity index (χ3n) is 2.87. The zero-order valence-corrected chi connectivity index (χ0v) is 10.3. The van der Waals surface area contributed by atoms with Gasteiger partial charge in [-0.05, 0) is 61.9 Å². The highest BCUT2D eigenvalue weighted by Crippen LogP contribution is 2.33. The topological polar surface area (TPSA) is 26.0 Å². The lowest BCUT2D eigenvalue weighted by Gasteiger charge is -2.23. The van der Waals surface area contributed by atoms with Crippen LogP contribution in [0.1, 0.15) is 37.0 Å². The Hall–Kier alpha value is -0.340. The van der Waals surface area contributed by atoms with E-state index in [2.05, 4.69) is 41.9 Å². The largest absolute Gasteiger partial charge is 0.322 e. The number of aryl methyl sites for hydroxylation is 1. The molecule has 2 rings (SSSR count). The molecule has 0 saturated heterocycles. The highest BCUT2D eigenvalue weighted by atomic mass is 79.9. The maximum Gasteiger partial charge on any atom is 0.0355 e. The first-order valence-corrected chi connectivity index (χ1v) is 5.88. The first-order chi connectivity index (χ1) is 6.48. The van der Waals surface area contributed by atoms with E-state index in [9.17, 15) is 0 Å². The summed E-state index contributed by atoms with van der Waals surface area (Å²) in [6.07, 6.45) is 3.67. The molecule has 0 atom stereocenters. The average molecular weight is 254 g/mol. The molecule has 2 heteroatoms. The van der Waals surface area contributed by atoms with Crippen molar-refractivity contribution in [2.45, 2.75) is 38.6 Å². The van der Waals surface area contributed by atoms with E-state index in [1.165, 1.54) is 36.0 Å². The number of nitrogens with two attached hydrogens (primary N) is 1. The number of hydrogen-bond donors (Lipinski definition) is 1. The molecule has 76 valence electrons. The van der Waals surface area contributed by atoms with Gasteiger partial charge in [0.15, 0.2) is 0 Å². The molecule has 0 bridgehead atoms. The van der Waals surface area contributed by atoms with Gasteiger partial charge in [0.05, 0.1) is 0 Å². The molecule has 1 aromatic carbocycles. The van der Waals surface area contributed by atoms with Crippen LogP contribution in [0.5, 0.6) is 0 Å². The summed E-state index contributed by atoms with van der Waals surface area (Å²) < 4.78 is 1.16. The third-order valence-corrected chi connectivity index (χ3v) is 3.33. The summed E-state index contributed by atoms with van der Waals surface area (Å²) in [5.74, 6) is 0. The van der Waals surface area contributed by atoms with Crippen molar-refractivity contribution < 1.29 is 0 Å². The van der Waals surface area contributed by atoms with Crippen LogP contribution >= 0.6 is 15.9 Å². The third kappa shape index (κ3) is 1.73. The van der Waals surface area contributed by atoms with E-state index in [0.717, 1.165) is 4.47 Å². The van der Waals surface area contributed by atoms with Crippen molar-refractivity contribution in [1.82, 2.24) is 0 Å². The molecule has 0 spiro atoms. The van der Waals surface area contributed by atoms with Crippen LogP contribution in [-0.4, -0.2) is 0 Å². The Bertz CT molecular complexity index is 363. The molecule has 0 saturated carbocycles. The van der Waals surface area contributed by atoms with Gasteiger partial charge in [0.25, 0.3) is 0 Å². The summed E-state index contributed by atoms with van der Waals surface area (Å²) in [5.41, 5.74) is 10.2. The molecule has 14 heavy (non-hydrogen) atoms. The van der Waals surface area contributed by atoms with Crippen LogP contribution in [0.25, 0.3) is 0 Å². The Labute approximate surface area is 93.8 Å². The minimum absolute atomic E-state index is 0.224. The van der Waals surface area contributed by atoms with E-state index in [-0.39, 0.29) is 5.54 Å². The molecular formula is C12H16BrN. The van der Waals surface area contributed by atoms with Gasteiger partial charge in [-0.3, -0.25) is 0 Å². The number of fused-ring (bicyclic) bond motifs is 1. The highest BCUT2D eigenvalue weighted by Gasteiger charge is 2.23. The van der Waals surface area contributed by atoms with Gasteiger partial charge in [-0.1, -0.05) is 15.9 Å². The van der Waals surface area contributed by atoms with Crippen LogP contribution in [0.15, 0.2) is 16.6 Å². The first kappa shape index (κ1) is 10.2. The minimum Gasteiger partial charge on any atom is -0.322 e. The van der Waals surface area contributed by atoms with Gasteiger partial charge < -0.3 is 5.73 Å². The fourth-order valence-electron chi connectivity index (χ4n) is 2.24. The summed E-state index contributed by atoms with van der Waals surface area (Å²) in [6, 6.07) is 4.40. The normalized spacial score (nSPS) is 15.7. The summed E-state index contributed by atoms with van der Waals surface area (Å²) in [4.78, 5) is 0. The van der Waals surface area contributed by atoms with E-state index in [4.69, 9.17) is 5.73 Å². The van der Waals surface area contributed by atoms with E-state index in [1.54, 1.807) is 0 Å². The van der Waals surface area contributed by atoms with Crippen molar-refractivity contribution in [1.29, 1.82) is 0 Å². The lowest BCUT2D eigenvalue weighted by atomic mass is 9.89. The van der Waals surface area contributed by atoms with Gasteiger partial charge in [-0.25, -0.2) is 0 Å². The fourth-order valence-corrected chi connectivity index (χ4v) is 2.75. The molecule has 1 aliphatic carbocycles. The molecule has 0 aliphatic heterocycles. The van der Waals surface area contributed by atoms with Gasteiger partial charge in [-0.15, -0.1) is 0 Å². The lowest BCUT2D eigenvalue weighted by Crippen LogP contribution is -2.30. The maximum atomic E-state index is 6.18. The second-order valence-corrected chi connectivity index (χ2v) is 5.58. The van der Waals surface area contributed by atoms with Crippen LogP contribution in [0.3, 0.4) is 0 Å². The SMILES string of the molecule is CC(C)(N)c1cc(Br)cc2c1CCC2. The van der Waals surface area contributed by atoms with E-state index < -0.39 is 0 Å². The second-order valence-electron chi connectivity index (χ2n) is 4.67. The van der Waals surface area contributed by atoms with E-state index in [0.29, 0.717) is 0 Å². The first-order valence-electron chi connectivity index (χ1n) is 5.09. The van der Waals surface area contributed by atoms with E-state index in [1.807, 2.05) is 0 Å². The zero-order chi connectivity index (χ0) is 10.3. The van der Waals surface area contributed by atoms with Crippen LogP contribution in [-0.2, 0) is 18.4 Å². The maximum absolute atomic E-state index is 6.18. The fraction of sp³-hybridized carbons (Fsp3) is 0.500. The van der Waals surface area contributed by atoms with Crippen molar-refractivity contribution in [3.05, 3.63) is 33.3 Å². The summed E-state index contributed by atoms with van der Waals surface area (Å²) in [6.45, 7) is 4.15. The Morgan fingerprint density at radius 2 is 2.00 bits per heavy atom. The molecule has 0 radical (unpaired) electrons. The predicted molar refractivity (Wildman–Crippen MR) is 63.4 cm³/mol. The van der Waals surface area contributed by atoms with Crippen LogP contribution < -0.4 is 5.73 Å². The van der Waals surface area contributed by atoms with Crippen molar-refractivity contribution in [2.75, 3.05) is 0 Å². The Balaban J connectivity index is 2.60. The van der Waals surface area contributed by atoms with Gasteiger partial charge in [0.2, 0.25) is 0 Å². The molecule has 1 aromatic rings. The quantitative estimate of drug-likeness (QED) is 0.818. The molecule has 0 unspecified atom stereocenters. The molecule has 0 amide bonds. The zero-order valence-electron chi connectivity index (χ0n) is 8.73. The number of halogens is 1. The average Bonchev–Trinajstić information content (AvgIpc) is 2.47. The molecule has 2 N–H and O–H groups in total. The molecule has 0 aromatic heterocycles. The lowest BCUT2D eigenvalue weighted by molar-refractivity contribution is 0.548. The Morgan fingerprint density at radius 1 is 1.29 bits per heavy atom. The summed E-state index contributed by atoms with van der Waals surface area (Å²) >= 11 is 3.55. The molecule has 0 fully saturated rings. The highest BCUT2D eigenvalue weighted by molar-refractivity contribution is 9.10. The van der Waals surface area contributed by atoms with Crippen molar-refractivity contribution in [2.24, 2.45) is 5.73 Å². The van der Waals surface area contributed by atoms with Gasteiger partial charge in [-0.2, -0.15) is 0 Å².